The normalized spacial score (nSPS) is 13.7. The Morgan fingerprint density at radius 2 is 1.84 bits per heavy atom. The first-order valence-electron chi connectivity index (χ1n) is 10.7. The second-order valence-electron chi connectivity index (χ2n) is 7.99. The molecular weight excluding hydrogens is 426 g/mol. The Morgan fingerprint density at radius 3 is 2.53 bits per heavy atom. The van der Waals surface area contributed by atoms with E-state index in [1.54, 1.807) is 6.20 Å². The van der Waals surface area contributed by atoms with Crippen molar-refractivity contribution < 1.29 is 13.2 Å². The summed E-state index contributed by atoms with van der Waals surface area (Å²) in [5.41, 5.74) is 4.72. The molecular formula is C23H27N5O3S. The number of nitrogens with zero attached hydrogens (tertiary/aromatic N) is 4. The zero-order valence-corrected chi connectivity index (χ0v) is 19.1. The minimum absolute atomic E-state index is 0.157. The summed E-state index contributed by atoms with van der Waals surface area (Å²) in [7, 11) is -0.566. The highest BCUT2D eigenvalue weighted by Crippen LogP contribution is 2.30. The lowest BCUT2D eigenvalue weighted by Gasteiger charge is -2.14. The number of aromatic nitrogens is 3. The van der Waals surface area contributed by atoms with Crippen molar-refractivity contribution >= 4 is 15.9 Å². The average Bonchev–Trinajstić information content (AvgIpc) is 3.18. The van der Waals surface area contributed by atoms with E-state index in [0.717, 1.165) is 41.4 Å². The van der Waals surface area contributed by atoms with Gasteiger partial charge in [0.2, 0.25) is 10.0 Å². The van der Waals surface area contributed by atoms with Gasteiger partial charge in [-0.15, -0.1) is 0 Å². The zero-order valence-electron chi connectivity index (χ0n) is 18.3. The van der Waals surface area contributed by atoms with Crippen molar-refractivity contribution in [3.05, 3.63) is 65.5 Å². The van der Waals surface area contributed by atoms with Gasteiger partial charge in [0.25, 0.3) is 5.91 Å². The van der Waals surface area contributed by atoms with Gasteiger partial charge in [0.15, 0.2) is 0 Å². The van der Waals surface area contributed by atoms with Crippen LogP contribution in [-0.4, -0.2) is 54.0 Å². The lowest BCUT2D eigenvalue weighted by Crippen LogP contribution is -2.28. The SMILES string of the molecule is CN(C)S(=O)(=O)c1ccc(C(=O)NCCn2nc(-c3ccccn3)c3c2CCCC3)cc1. The van der Waals surface area contributed by atoms with E-state index < -0.39 is 10.0 Å². The van der Waals surface area contributed by atoms with Crippen LogP contribution in [0.3, 0.4) is 0 Å². The van der Waals surface area contributed by atoms with Gasteiger partial charge in [-0.2, -0.15) is 5.10 Å². The third-order valence-electron chi connectivity index (χ3n) is 5.67. The summed E-state index contributed by atoms with van der Waals surface area (Å²) in [6.45, 7) is 0.986. The maximum absolute atomic E-state index is 12.5. The van der Waals surface area contributed by atoms with Gasteiger partial charge in [-0.3, -0.25) is 14.5 Å². The molecule has 2 aromatic heterocycles. The molecule has 1 aromatic carbocycles. The molecule has 8 nitrogen and oxygen atoms in total. The predicted molar refractivity (Wildman–Crippen MR) is 122 cm³/mol. The Morgan fingerprint density at radius 1 is 1.09 bits per heavy atom. The minimum Gasteiger partial charge on any atom is -0.350 e. The van der Waals surface area contributed by atoms with Crippen LogP contribution in [0.1, 0.15) is 34.5 Å². The van der Waals surface area contributed by atoms with Crippen molar-refractivity contribution in [2.24, 2.45) is 0 Å². The number of nitrogens with one attached hydrogen (secondary N) is 1. The molecule has 0 saturated carbocycles. The highest BCUT2D eigenvalue weighted by atomic mass is 32.2. The van der Waals surface area contributed by atoms with Crippen molar-refractivity contribution in [3.63, 3.8) is 0 Å². The summed E-state index contributed by atoms with van der Waals surface area (Å²) in [5.74, 6) is -0.246. The van der Waals surface area contributed by atoms with E-state index >= 15 is 0 Å². The van der Waals surface area contributed by atoms with Gasteiger partial charge < -0.3 is 5.32 Å². The first kappa shape index (κ1) is 22.2. The van der Waals surface area contributed by atoms with Gasteiger partial charge in [0.05, 0.1) is 17.1 Å². The summed E-state index contributed by atoms with van der Waals surface area (Å²) in [5, 5.41) is 7.73. The molecule has 0 fully saturated rings. The van der Waals surface area contributed by atoms with E-state index in [4.69, 9.17) is 5.10 Å². The topological polar surface area (TPSA) is 97.2 Å². The molecule has 1 aliphatic rings. The molecule has 1 N–H and O–H groups in total. The molecule has 9 heteroatoms. The highest BCUT2D eigenvalue weighted by molar-refractivity contribution is 7.89. The smallest absolute Gasteiger partial charge is 0.251 e. The zero-order chi connectivity index (χ0) is 22.7. The number of carbonyl (C=O) groups excluding carboxylic acids is 1. The monoisotopic (exact) mass is 453 g/mol. The number of hydrogen-bond donors (Lipinski definition) is 1. The third kappa shape index (κ3) is 4.44. The van der Waals surface area contributed by atoms with E-state index in [2.05, 4.69) is 10.3 Å². The van der Waals surface area contributed by atoms with Crippen molar-refractivity contribution in [2.75, 3.05) is 20.6 Å². The lowest BCUT2D eigenvalue weighted by molar-refractivity contribution is 0.0951. The van der Waals surface area contributed by atoms with Gasteiger partial charge in [0.1, 0.15) is 5.69 Å². The van der Waals surface area contributed by atoms with Crippen LogP contribution >= 0.6 is 0 Å². The minimum atomic E-state index is -3.52. The number of hydrogen-bond acceptors (Lipinski definition) is 5. The highest BCUT2D eigenvalue weighted by Gasteiger charge is 2.22. The Balaban J connectivity index is 1.44. The molecule has 4 rings (SSSR count). The van der Waals surface area contributed by atoms with Crippen LogP contribution in [0, 0.1) is 0 Å². The van der Waals surface area contributed by atoms with Crippen LogP contribution in [0.15, 0.2) is 53.6 Å². The number of benzene rings is 1. The number of pyridine rings is 1. The number of fused-ring (bicyclic) bond motifs is 1. The molecule has 0 unspecified atom stereocenters. The Kier molecular flexibility index (Phi) is 6.38. The molecule has 2 heterocycles. The quantitative estimate of drug-likeness (QED) is 0.593. The van der Waals surface area contributed by atoms with Crippen molar-refractivity contribution in [1.29, 1.82) is 0 Å². The second-order valence-corrected chi connectivity index (χ2v) is 10.1. The molecule has 0 saturated heterocycles. The van der Waals surface area contributed by atoms with Gasteiger partial charge >= 0.3 is 0 Å². The van der Waals surface area contributed by atoms with E-state index in [1.807, 2.05) is 22.9 Å². The first-order valence-corrected chi connectivity index (χ1v) is 12.1. The van der Waals surface area contributed by atoms with Crippen LogP contribution in [-0.2, 0) is 29.4 Å². The maximum atomic E-state index is 12.5. The maximum Gasteiger partial charge on any atom is 0.251 e. The Hall–Kier alpha value is -3.04. The lowest BCUT2D eigenvalue weighted by atomic mass is 9.95. The van der Waals surface area contributed by atoms with Crippen LogP contribution in [0.25, 0.3) is 11.4 Å². The largest absolute Gasteiger partial charge is 0.350 e. The summed E-state index contributed by atoms with van der Waals surface area (Å²) in [6, 6.07) is 11.8. The van der Waals surface area contributed by atoms with Gasteiger partial charge in [-0.05, 0) is 62.1 Å². The van der Waals surface area contributed by atoms with Crippen LogP contribution in [0.5, 0.6) is 0 Å². The molecule has 0 radical (unpaired) electrons. The molecule has 3 aromatic rings. The number of rotatable bonds is 7. The number of amides is 1. The van der Waals surface area contributed by atoms with E-state index in [1.165, 1.54) is 49.6 Å². The van der Waals surface area contributed by atoms with Crippen molar-refractivity contribution in [3.8, 4) is 11.4 Å². The van der Waals surface area contributed by atoms with E-state index in [0.29, 0.717) is 18.7 Å². The molecule has 0 spiro atoms. The molecule has 168 valence electrons. The fourth-order valence-electron chi connectivity index (χ4n) is 3.93. The van der Waals surface area contributed by atoms with E-state index in [9.17, 15) is 13.2 Å². The Labute approximate surface area is 188 Å². The third-order valence-corrected chi connectivity index (χ3v) is 7.50. The van der Waals surface area contributed by atoms with Gasteiger partial charge in [-0.25, -0.2) is 12.7 Å². The summed E-state index contributed by atoms with van der Waals surface area (Å²) < 4.78 is 27.5. The number of sulfonamides is 1. The summed E-state index contributed by atoms with van der Waals surface area (Å²) in [4.78, 5) is 17.2. The molecule has 1 amide bonds. The standard InChI is InChI=1S/C23H27N5O3S/c1-27(2)32(30,31)18-12-10-17(11-13-18)23(29)25-15-16-28-21-9-4-3-7-19(21)22(26-28)20-8-5-6-14-24-20/h5-6,8,10-14H,3-4,7,9,15-16H2,1-2H3,(H,25,29). The molecule has 0 aliphatic heterocycles. The fourth-order valence-corrected chi connectivity index (χ4v) is 4.83. The average molecular weight is 454 g/mol. The fraction of sp³-hybridized carbons (Fsp3) is 0.348. The first-order chi connectivity index (χ1) is 15.4. The van der Waals surface area contributed by atoms with Crippen molar-refractivity contribution in [2.45, 2.75) is 37.1 Å². The summed E-state index contributed by atoms with van der Waals surface area (Å²) >= 11 is 0. The van der Waals surface area contributed by atoms with Crippen LogP contribution < -0.4 is 5.32 Å². The molecule has 0 bridgehead atoms. The second kappa shape index (κ2) is 9.22. The van der Waals surface area contributed by atoms with Gasteiger partial charge in [0, 0.05) is 43.7 Å². The summed E-state index contributed by atoms with van der Waals surface area (Å²) in [6.07, 6.45) is 6.03. The van der Waals surface area contributed by atoms with Crippen LogP contribution in [0.4, 0.5) is 0 Å². The van der Waals surface area contributed by atoms with Gasteiger partial charge in [-0.1, -0.05) is 6.07 Å². The number of carbonyl (C=O) groups is 1. The van der Waals surface area contributed by atoms with Crippen molar-refractivity contribution in [1.82, 2.24) is 24.4 Å². The van der Waals surface area contributed by atoms with E-state index in [-0.39, 0.29) is 10.8 Å². The molecule has 0 atom stereocenters. The van der Waals surface area contributed by atoms with Crippen LogP contribution in [0.2, 0.25) is 0 Å². The Bertz CT molecular complexity index is 1200. The predicted octanol–water partition coefficient (Wildman–Crippen LogP) is 2.50. The molecule has 1 aliphatic carbocycles. The molecule has 32 heavy (non-hydrogen) atoms.